The van der Waals surface area contributed by atoms with Gasteiger partial charge in [0.15, 0.2) is 11.5 Å². The fourth-order valence-electron chi connectivity index (χ4n) is 3.50. The van der Waals surface area contributed by atoms with E-state index in [1.54, 1.807) is 32.9 Å². The molecule has 0 heterocycles. The summed E-state index contributed by atoms with van der Waals surface area (Å²) in [6, 6.07) is 3.67. The molecule has 1 unspecified atom stereocenters. The third-order valence-electron chi connectivity index (χ3n) is 6.65. The van der Waals surface area contributed by atoms with Crippen LogP contribution in [0.4, 0.5) is 4.79 Å². The summed E-state index contributed by atoms with van der Waals surface area (Å²) in [5.74, 6) is -1.19. The maximum Gasteiger partial charge on any atom is 0.508 e. The van der Waals surface area contributed by atoms with E-state index in [1.807, 2.05) is 27.7 Å². The van der Waals surface area contributed by atoms with E-state index in [9.17, 15) is 19.2 Å². The van der Waals surface area contributed by atoms with Gasteiger partial charge < -0.3 is 29.4 Å². The van der Waals surface area contributed by atoms with Gasteiger partial charge in [0, 0.05) is 12.8 Å². The van der Waals surface area contributed by atoms with Crippen LogP contribution in [0.15, 0.2) is 18.2 Å². The summed E-state index contributed by atoms with van der Waals surface area (Å²) in [7, 11) is 0. The van der Waals surface area contributed by atoms with Crippen molar-refractivity contribution in [3.8, 4) is 11.5 Å². The maximum atomic E-state index is 12.7. The number of esters is 3. The summed E-state index contributed by atoms with van der Waals surface area (Å²) in [6.45, 7) is 12.9. The molecular formula is C31H49NO9. The lowest BCUT2D eigenvalue weighted by molar-refractivity contribution is -0.156. The normalized spacial score (nSPS) is 14.0. The molecule has 41 heavy (non-hydrogen) atoms. The van der Waals surface area contributed by atoms with Crippen molar-refractivity contribution in [2.75, 3.05) is 0 Å². The summed E-state index contributed by atoms with van der Waals surface area (Å²) >= 11 is 0. The molecular weight excluding hydrogens is 530 g/mol. The molecule has 0 saturated carbocycles. The summed E-state index contributed by atoms with van der Waals surface area (Å²) in [6.07, 6.45) is 2.99. The van der Waals surface area contributed by atoms with Crippen LogP contribution in [0.2, 0.25) is 0 Å². The lowest BCUT2D eigenvalue weighted by Crippen LogP contribution is -2.39. The summed E-state index contributed by atoms with van der Waals surface area (Å²) in [4.78, 5) is 49.4. The smallest absolute Gasteiger partial charge is 0.458 e. The van der Waals surface area contributed by atoms with Crippen molar-refractivity contribution in [3.05, 3.63) is 23.8 Å². The molecule has 0 spiro atoms. The van der Waals surface area contributed by atoms with Gasteiger partial charge in [-0.3, -0.25) is 14.4 Å². The SMILES string of the molecule is CCCCCC(=O)Oc1ccc(C[C@H](N)C(=O)O[C@@H](C)[C@H](C)OC(=O)OC(C)C(C)C)cc1OC(=O)CCCCC. The molecule has 0 bridgehead atoms. The molecule has 232 valence electrons. The largest absolute Gasteiger partial charge is 0.508 e. The highest BCUT2D eigenvalue weighted by molar-refractivity contribution is 5.77. The predicted molar refractivity (Wildman–Crippen MR) is 155 cm³/mol. The Hall–Kier alpha value is -3.14. The van der Waals surface area contributed by atoms with Gasteiger partial charge in [-0.25, -0.2) is 4.79 Å². The molecule has 1 aromatic carbocycles. The van der Waals surface area contributed by atoms with Crippen molar-refractivity contribution < 1.29 is 42.9 Å². The number of carbonyl (C=O) groups excluding carboxylic acids is 4. The van der Waals surface area contributed by atoms with Crippen molar-refractivity contribution >= 4 is 24.1 Å². The van der Waals surface area contributed by atoms with Gasteiger partial charge in [0.2, 0.25) is 0 Å². The first-order valence-electron chi connectivity index (χ1n) is 14.7. The first-order valence-corrected chi connectivity index (χ1v) is 14.7. The standard InChI is InChI=1S/C31H49NO9/c1-8-10-12-14-28(33)40-26-17-16-24(19-27(26)41-29(34)15-13-11-9-2)18-25(32)30(35)37-22(6)23(7)39-31(36)38-21(5)20(3)4/h16-17,19-23,25H,8-15,18,32H2,1-7H3/t21?,22-,23-,25-/m0/s1. The number of unbranched alkanes of at least 4 members (excludes halogenated alkanes) is 4. The van der Waals surface area contributed by atoms with Crippen molar-refractivity contribution in [1.29, 1.82) is 0 Å². The van der Waals surface area contributed by atoms with Crippen LogP contribution >= 0.6 is 0 Å². The molecule has 2 N–H and O–H groups in total. The zero-order valence-electron chi connectivity index (χ0n) is 25.7. The summed E-state index contributed by atoms with van der Waals surface area (Å²) in [5, 5.41) is 0. The fraction of sp³-hybridized carbons (Fsp3) is 0.677. The highest BCUT2D eigenvalue weighted by atomic mass is 16.7. The van der Waals surface area contributed by atoms with E-state index in [0.717, 1.165) is 25.7 Å². The Morgan fingerprint density at radius 3 is 1.76 bits per heavy atom. The van der Waals surface area contributed by atoms with Crippen LogP contribution in [0.5, 0.6) is 11.5 Å². The molecule has 10 heteroatoms. The quantitative estimate of drug-likeness (QED) is 0.124. The van der Waals surface area contributed by atoms with E-state index < -0.39 is 42.3 Å². The van der Waals surface area contributed by atoms with Crippen molar-refractivity contribution in [2.24, 2.45) is 11.7 Å². The number of ether oxygens (including phenoxy) is 5. The first kappa shape index (κ1) is 35.9. The monoisotopic (exact) mass is 579 g/mol. The Morgan fingerprint density at radius 2 is 1.22 bits per heavy atom. The Kier molecular flexibility index (Phi) is 16.7. The Bertz CT molecular complexity index is 978. The van der Waals surface area contributed by atoms with E-state index in [4.69, 9.17) is 29.4 Å². The third kappa shape index (κ3) is 14.4. The molecule has 10 nitrogen and oxygen atoms in total. The van der Waals surface area contributed by atoms with Crippen LogP contribution in [-0.4, -0.2) is 48.4 Å². The van der Waals surface area contributed by atoms with E-state index in [0.29, 0.717) is 18.4 Å². The van der Waals surface area contributed by atoms with E-state index in [-0.39, 0.29) is 42.8 Å². The third-order valence-corrected chi connectivity index (χ3v) is 6.65. The van der Waals surface area contributed by atoms with Crippen molar-refractivity contribution in [2.45, 2.75) is 131 Å². The molecule has 0 aliphatic carbocycles. The van der Waals surface area contributed by atoms with Gasteiger partial charge in [-0.05, 0) is 63.6 Å². The number of carbonyl (C=O) groups is 4. The summed E-state index contributed by atoms with van der Waals surface area (Å²) < 4.78 is 26.9. The minimum Gasteiger partial charge on any atom is -0.458 e. The van der Waals surface area contributed by atoms with Crippen LogP contribution in [0.1, 0.15) is 105 Å². The number of benzene rings is 1. The molecule has 0 aromatic heterocycles. The highest BCUT2D eigenvalue weighted by Gasteiger charge is 2.26. The zero-order valence-corrected chi connectivity index (χ0v) is 25.7. The van der Waals surface area contributed by atoms with Gasteiger partial charge in [0.25, 0.3) is 0 Å². The minimum atomic E-state index is -1.05. The number of nitrogens with two attached hydrogens (primary N) is 1. The average molecular weight is 580 g/mol. The van der Waals surface area contributed by atoms with E-state index in [2.05, 4.69) is 0 Å². The van der Waals surface area contributed by atoms with Gasteiger partial charge in [-0.15, -0.1) is 0 Å². The topological polar surface area (TPSA) is 140 Å². The number of hydrogen-bond acceptors (Lipinski definition) is 10. The van der Waals surface area contributed by atoms with E-state index in [1.165, 1.54) is 6.07 Å². The van der Waals surface area contributed by atoms with Crippen LogP contribution in [0.3, 0.4) is 0 Å². The first-order chi connectivity index (χ1) is 19.4. The van der Waals surface area contributed by atoms with Gasteiger partial charge in [-0.2, -0.15) is 0 Å². The molecule has 0 radical (unpaired) electrons. The molecule has 1 aromatic rings. The van der Waals surface area contributed by atoms with Crippen LogP contribution < -0.4 is 15.2 Å². The second kappa shape index (κ2) is 19.1. The second-order valence-electron chi connectivity index (χ2n) is 10.7. The fourth-order valence-corrected chi connectivity index (χ4v) is 3.50. The van der Waals surface area contributed by atoms with Gasteiger partial charge in [-0.1, -0.05) is 59.4 Å². The van der Waals surface area contributed by atoms with E-state index >= 15 is 0 Å². The molecule has 0 fully saturated rings. The lowest BCUT2D eigenvalue weighted by Gasteiger charge is -2.23. The van der Waals surface area contributed by atoms with Gasteiger partial charge >= 0.3 is 24.1 Å². The molecule has 0 saturated heterocycles. The Morgan fingerprint density at radius 1 is 0.707 bits per heavy atom. The molecule has 1 rings (SSSR count). The second-order valence-corrected chi connectivity index (χ2v) is 10.7. The highest BCUT2D eigenvalue weighted by Crippen LogP contribution is 2.30. The Balaban J connectivity index is 2.86. The van der Waals surface area contributed by atoms with Crippen LogP contribution in [-0.2, 0) is 35.0 Å². The molecule has 0 aliphatic heterocycles. The average Bonchev–Trinajstić information content (AvgIpc) is 2.90. The predicted octanol–water partition coefficient (Wildman–Crippen LogP) is 6.05. The van der Waals surface area contributed by atoms with Crippen molar-refractivity contribution in [3.63, 3.8) is 0 Å². The number of hydrogen-bond donors (Lipinski definition) is 1. The van der Waals surface area contributed by atoms with Crippen LogP contribution in [0, 0.1) is 5.92 Å². The Labute approximate surface area is 244 Å². The summed E-state index contributed by atoms with van der Waals surface area (Å²) in [5.41, 5.74) is 6.70. The maximum absolute atomic E-state index is 12.7. The molecule has 4 atom stereocenters. The lowest BCUT2D eigenvalue weighted by atomic mass is 10.1. The van der Waals surface area contributed by atoms with Crippen molar-refractivity contribution in [1.82, 2.24) is 0 Å². The van der Waals surface area contributed by atoms with Gasteiger partial charge in [0.1, 0.15) is 24.4 Å². The van der Waals surface area contributed by atoms with Gasteiger partial charge in [0.05, 0.1) is 0 Å². The molecule has 0 aliphatic rings. The molecule has 0 amide bonds. The number of rotatable bonds is 18. The minimum absolute atomic E-state index is 0.0693. The zero-order chi connectivity index (χ0) is 30.9. The van der Waals surface area contributed by atoms with Crippen LogP contribution in [0.25, 0.3) is 0 Å².